The first kappa shape index (κ1) is 21.1. The molecule has 2 heterocycles. The van der Waals surface area contributed by atoms with Gasteiger partial charge in [0.25, 0.3) is 0 Å². The van der Waals surface area contributed by atoms with Gasteiger partial charge in [-0.05, 0) is 30.4 Å². The van der Waals surface area contributed by atoms with Gasteiger partial charge in [-0.25, -0.2) is 13.2 Å². The Labute approximate surface area is 180 Å². The molecule has 1 unspecified atom stereocenters. The molecule has 0 radical (unpaired) electrons. The number of rotatable bonds is 5. The monoisotopic (exact) mass is 441 g/mol. The van der Waals surface area contributed by atoms with Gasteiger partial charge < -0.3 is 14.6 Å². The number of benzene rings is 2. The zero-order valence-corrected chi connectivity index (χ0v) is 18.1. The largest absolute Gasteiger partial charge is 0.464 e. The predicted molar refractivity (Wildman–Crippen MR) is 116 cm³/mol. The molecule has 2 aromatic carbocycles. The molecule has 1 saturated heterocycles. The Morgan fingerprint density at radius 2 is 1.87 bits per heavy atom. The number of carbonyl (C=O) groups is 2. The summed E-state index contributed by atoms with van der Waals surface area (Å²) in [6.45, 7) is 0.235. The molecule has 1 aromatic heterocycles. The summed E-state index contributed by atoms with van der Waals surface area (Å²) in [7, 11) is -1.16. The lowest BCUT2D eigenvalue weighted by molar-refractivity contribution is -0.119. The quantitative estimate of drug-likeness (QED) is 0.614. The number of nitrogens with one attached hydrogen (secondary N) is 1. The zero-order valence-electron chi connectivity index (χ0n) is 17.2. The SMILES string of the molecule is COC(=O)c1cc(S(=O)(=O)N2CCCC2C(=O)Nc2cccc3ccccc23)cn1C. The van der Waals surface area contributed by atoms with E-state index in [9.17, 15) is 18.0 Å². The van der Waals surface area contributed by atoms with Crippen molar-refractivity contribution in [1.29, 1.82) is 0 Å². The van der Waals surface area contributed by atoms with E-state index in [-0.39, 0.29) is 23.0 Å². The maximum absolute atomic E-state index is 13.3. The fourth-order valence-corrected chi connectivity index (χ4v) is 5.69. The fraction of sp³-hybridized carbons (Fsp3) is 0.273. The molecule has 3 aromatic rings. The third-order valence-electron chi connectivity index (χ3n) is 5.53. The average molecular weight is 442 g/mol. The van der Waals surface area contributed by atoms with Gasteiger partial charge in [0.1, 0.15) is 16.6 Å². The van der Waals surface area contributed by atoms with Crippen LogP contribution in [0, 0.1) is 0 Å². The Morgan fingerprint density at radius 3 is 2.65 bits per heavy atom. The molecule has 8 nitrogen and oxygen atoms in total. The molecule has 4 rings (SSSR count). The summed E-state index contributed by atoms with van der Waals surface area (Å²) < 4.78 is 33.9. The molecular formula is C22H23N3O5S. The summed E-state index contributed by atoms with van der Waals surface area (Å²) in [5, 5.41) is 4.77. The minimum Gasteiger partial charge on any atom is -0.464 e. The number of carbonyl (C=O) groups excluding carboxylic acids is 2. The number of hydrogen-bond donors (Lipinski definition) is 1. The van der Waals surface area contributed by atoms with Crippen molar-refractivity contribution < 1.29 is 22.7 Å². The van der Waals surface area contributed by atoms with E-state index < -0.39 is 22.0 Å². The number of aryl methyl sites for hydroxylation is 1. The Morgan fingerprint density at radius 1 is 1.13 bits per heavy atom. The van der Waals surface area contributed by atoms with Gasteiger partial charge in [-0.3, -0.25) is 4.79 Å². The molecule has 31 heavy (non-hydrogen) atoms. The standard InChI is InChI=1S/C22H23N3O5S/c1-24-14-16(13-20(24)22(27)30-2)31(28,29)25-12-6-11-19(25)21(26)23-18-10-5-8-15-7-3-4-9-17(15)18/h3-5,7-10,13-14,19H,6,11-12H2,1-2H3,(H,23,26). The van der Waals surface area contributed by atoms with Crippen LogP contribution in [0.5, 0.6) is 0 Å². The zero-order chi connectivity index (χ0) is 22.2. The minimum atomic E-state index is -3.97. The van der Waals surface area contributed by atoms with Crippen molar-refractivity contribution in [2.24, 2.45) is 7.05 Å². The average Bonchev–Trinajstić information content (AvgIpc) is 3.41. The molecule has 0 aliphatic carbocycles. The van der Waals surface area contributed by atoms with E-state index in [1.807, 2.05) is 36.4 Å². The van der Waals surface area contributed by atoms with Gasteiger partial charge in [-0.2, -0.15) is 4.31 Å². The highest BCUT2D eigenvalue weighted by Gasteiger charge is 2.40. The number of esters is 1. The van der Waals surface area contributed by atoms with Crippen LogP contribution >= 0.6 is 0 Å². The van der Waals surface area contributed by atoms with Gasteiger partial charge in [0.05, 0.1) is 7.11 Å². The molecule has 9 heteroatoms. The van der Waals surface area contributed by atoms with Crippen LogP contribution in [0.25, 0.3) is 10.8 Å². The first-order valence-corrected chi connectivity index (χ1v) is 11.3. The number of anilines is 1. The van der Waals surface area contributed by atoms with Crippen LogP contribution < -0.4 is 5.32 Å². The van der Waals surface area contributed by atoms with Crippen molar-refractivity contribution in [3.8, 4) is 0 Å². The molecule has 0 spiro atoms. The van der Waals surface area contributed by atoms with Crippen molar-refractivity contribution in [3.63, 3.8) is 0 Å². The van der Waals surface area contributed by atoms with Crippen LogP contribution in [-0.2, 0) is 26.6 Å². The van der Waals surface area contributed by atoms with Gasteiger partial charge in [0.2, 0.25) is 15.9 Å². The van der Waals surface area contributed by atoms with Crippen LogP contribution in [-0.4, -0.2) is 48.9 Å². The van der Waals surface area contributed by atoms with Gasteiger partial charge in [-0.15, -0.1) is 0 Å². The highest BCUT2D eigenvalue weighted by atomic mass is 32.2. The molecule has 1 N–H and O–H groups in total. The van der Waals surface area contributed by atoms with Crippen LogP contribution in [0.1, 0.15) is 23.3 Å². The highest BCUT2D eigenvalue weighted by Crippen LogP contribution is 2.29. The minimum absolute atomic E-state index is 0.0414. The van der Waals surface area contributed by atoms with Crippen molar-refractivity contribution in [2.45, 2.75) is 23.8 Å². The summed E-state index contributed by atoms with van der Waals surface area (Å²) in [4.78, 5) is 24.9. The third-order valence-corrected chi connectivity index (χ3v) is 7.41. The van der Waals surface area contributed by atoms with E-state index in [2.05, 4.69) is 5.32 Å². The molecule has 0 saturated carbocycles. The number of amides is 1. The van der Waals surface area contributed by atoms with Crippen LogP contribution in [0.2, 0.25) is 0 Å². The van der Waals surface area contributed by atoms with E-state index >= 15 is 0 Å². The second kappa shape index (κ2) is 8.16. The summed E-state index contributed by atoms with van der Waals surface area (Å²) in [5.74, 6) is -1.00. The molecule has 1 aliphatic rings. The maximum atomic E-state index is 13.3. The molecule has 1 amide bonds. The Bertz CT molecular complexity index is 1260. The molecule has 1 aliphatic heterocycles. The number of sulfonamides is 1. The van der Waals surface area contributed by atoms with E-state index in [0.717, 1.165) is 10.8 Å². The number of aromatic nitrogens is 1. The number of fused-ring (bicyclic) bond motifs is 1. The summed E-state index contributed by atoms with van der Waals surface area (Å²) in [5.41, 5.74) is 0.761. The number of ether oxygens (including phenoxy) is 1. The van der Waals surface area contributed by atoms with Gasteiger partial charge in [0.15, 0.2) is 0 Å². The van der Waals surface area contributed by atoms with Crippen LogP contribution in [0.15, 0.2) is 59.6 Å². The molecule has 0 bridgehead atoms. The maximum Gasteiger partial charge on any atom is 0.354 e. The second-order valence-corrected chi connectivity index (χ2v) is 9.34. The van der Waals surface area contributed by atoms with Crippen molar-refractivity contribution in [2.75, 3.05) is 19.0 Å². The van der Waals surface area contributed by atoms with Crippen molar-refractivity contribution in [1.82, 2.24) is 8.87 Å². The second-order valence-electron chi connectivity index (χ2n) is 7.45. The fourth-order valence-electron chi connectivity index (χ4n) is 3.96. The number of nitrogens with zero attached hydrogens (tertiary/aromatic N) is 2. The molecule has 162 valence electrons. The first-order valence-electron chi connectivity index (χ1n) is 9.88. The van der Waals surface area contributed by atoms with Crippen LogP contribution in [0.4, 0.5) is 5.69 Å². The normalized spacial score (nSPS) is 17.0. The Hall–Kier alpha value is -3.17. The molecule has 1 fully saturated rings. The lowest BCUT2D eigenvalue weighted by Crippen LogP contribution is -2.43. The van der Waals surface area contributed by atoms with E-state index in [0.29, 0.717) is 18.5 Å². The highest BCUT2D eigenvalue weighted by molar-refractivity contribution is 7.89. The summed E-state index contributed by atoms with van der Waals surface area (Å²) >= 11 is 0. The smallest absolute Gasteiger partial charge is 0.354 e. The van der Waals surface area contributed by atoms with Crippen LogP contribution in [0.3, 0.4) is 0 Å². The predicted octanol–water partition coefficient (Wildman–Crippen LogP) is 2.76. The van der Waals surface area contributed by atoms with Gasteiger partial charge in [-0.1, -0.05) is 36.4 Å². The van der Waals surface area contributed by atoms with Gasteiger partial charge >= 0.3 is 5.97 Å². The summed E-state index contributed by atoms with van der Waals surface area (Å²) in [6, 6.07) is 13.7. The number of hydrogen-bond acceptors (Lipinski definition) is 5. The molecule has 1 atom stereocenters. The van der Waals surface area contributed by atoms with E-state index in [1.165, 1.54) is 28.2 Å². The lowest BCUT2D eigenvalue weighted by Gasteiger charge is -2.23. The van der Waals surface area contributed by atoms with E-state index in [4.69, 9.17) is 4.74 Å². The van der Waals surface area contributed by atoms with E-state index in [1.54, 1.807) is 13.1 Å². The summed E-state index contributed by atoms with van der Waals surface area (Å²) in [6.07, 6.45) is 2.36. The van der Waals surface area contributed by atoms with Crippen molar-refractivity contribution in [3.05, 3.63) is 60.4 Å². The lowest BCUT2D eigenvalue weighted by atomic mass is 10.1. The Balaban J connectivity index is 1.61. The Kier molecular flexibility index (Phi) is 5.55. The van der Waals surface area contributed by atoms with Crippen molar-refractivity contribution >= 4 is 38.4 Å². The molecular weight excluding hydrogens is 418 g/mol. The third kappa shape index (κ3) is 3.82. The first-order chi connectivity index (χ1) is 14.8. The van der Waals surface area contributed by atoms with Gasteiger partial charge in [0, 0.05) is 30.9 Å². The number of methoxy groups -OCH3 is 1. The topological polar surface area (TPSA) is 97.7 Å².